The normalized spacial score (nSPS) is 16.2. The number of aromatic nitrogens is 1. The molecular formula is C28H31F3N2O3. The van der Waals surface area contributed by atoms with Crippen molar-refractivity contribution in [3.05, 3.63) is 77.5 Å². The first kappa shape index (κ1) is 25.9. The summed E-state index contributed by atoms with van der Waals surface area (Å²) in [4.78, 5) is 18.7. The second-order valence-corrected chi connectivity index (χ2v) is 10.3. The van der Waals surface area contributed by atoms with Crippen molar-refractivity contribution in [2.75, 3.05) is 19.7 Å². The Morgan fingerprint density at radius 1 is 0.972 bits per heavy atom. The van der Waals surface area contributed by atoms with E-state index in [1.807, 2.05) is 39.0 Å². The number of rotatable bonds is 5. The molecule has 0 atom stereocenters. The number of pyridine rings is 1. The van der Waals surface area contributed by atoms with Crippen LogP contribution in [-0.4, -0.2) is 41.3 Å². The summed E-state index contributed by atoms with van der Waals surface area (Å²) >= 11 is 0. The smallest absolute Gasteiger partial charge is 0.417 e. The number of fused-ring (bicyclic) bond motifs is 1. The summed E-state index contributed by atoms with van der Waals surface area (Å²) in [5.74, 6) is 0. The van der Waals surface area contributed by atoms with Crippen LogP contribution in [0.5, 0.6) is 0 Å². The van der Waals surface area contributed by atoms with Crippen molar-refractivity contribution < 1.29 is 27.4 Å². The van der Waals surface area contributed by atoms with E-state index in [9.17, 15) is 18.0 Å². The molecule has 1 aromatic heterocycles. The molecule has 1 amide bonds. The zero-order chi connectivity index (χ0) is 26.0. The minimum Gasteiger partial charge on any atom is -0.444 e. The Labute approximate surface area is 209 Å². The molecule has 0 radical (unpaired) electrons. The lowest BCUT2D eigenvalue weighted by Gasteiger charge is -2.42. The standard InChI is InChI=1S/C28H31F3N2O3/c1-26(2,3)36-25(34)33-16-14-27(15-17-33,20-8-5-4-6-9-20)19-35-18-21-12-13-22-23(28(29,30)31)10-7-11-24(22)32-21/h4-13H,14-19H2,1-3H3. The molecule has 1 fully saturated rings. The average Bonchev–Trinajstić information content (AvgIpc) is 2.83. The third kappa shape index (κ3) is 5.98. The topological polar surface area (TPSA) is 51.7 Å². The first-order valence-electron chi connectivity index (χ1n) is 12.0. The zero-order valence-corrected chi connectivity index (χ0v) is 20.8. The van der Waals surface area contributed by atoms with Gasteiger partial charge in [0, 0.05) is 23.9 Å². The maximum absolute atomic E-state index is 13.3. The van der Waals surface area contributed by atoms with Gasteiger partial charge in [-0.05, 0) is 57.4 Å². The average molecular weight is 501 g/mol. The van der Waals surface area contributed by atoms with Gasteiger partial charge in [-0.15, -0.1) is 0 Å². The highest BCUT2D eigenvalue weighted by atomic mass is 19.4. The van der Waals surface area contributed by atoms with Crippen molar-refractivity contribution in [1.82, 2.24) is 9.88 Å². The molecule has 1 aliphatic heterocycles. The largest absolute Gasteiger partial charge is 0.444 e. The predicted octanol–water partition coefficient (Wildman–Crippen LogP) is 6.74. The van der Waals surface area contributed by atoms with E-state index in [-0.39, 0.29) is 29.0 Å². The summed E-state index contributed by atoms with van der Waals surface area (Å²) in [6.45, 7) is 7.21. The maximum Gasteiger partial charge on any atom is 0.417 e. The van der Waals surface area contributed by atoms with Crippen molar-refractivity contribution in [3.63, 3.8) is 0 Å². The van der Waals surface area contributed by atoms with Crippen LogP contribution in [0, 0.1) is 0 Å². The summed E-state index contributed by atoms with van der Waals surface area (Å²) in [6, 6.07) is 17.1. The molecule has 0 aliphatic carbocycles. The van der Waals surface area contributed by atoms with Gasteiger partial charge in [0.15, 0.2) is 0 Å². The Balaban J connectivity index is 1.46. The fourth-order valence-electron chi connectivity index (χ4n) is 4.63. The van der Waals surface area contributed by atoms with Crippen LogP contribution in [-0.2, 0) is 27.7 Å². The van der Waals surface area contributed by atoms with Gasteiger partial charge in [-0.3, -0.25) is 4.98 Å². The summed E-state index contributed by atoms with van der Waals surface area (Å²) in [5.41, 5.74) is 0.447. The van der Waals surface area contributed by atoms with Gasteiger partial charge in [-0.25, -0.2) is 4.79 Å². The number of carbonyl (C=O) groups excluding carboxylic acids is 1. The lowest BCUT2D eigenvalue weighted by molar-refractivity contribution is -0.136. The van der Waals surface area contributed by atoms with Crippen LogP contribution in [0.25, 0.3) is 10.9 Å². The molecule has 0 bridgehead atoms. The molecule has 8 heteroatoms. The SMILES string of the molecule is CC(C)(C)OC(=O)N1CCC(COCc2ccc3c(C(F)(F)F)cccc3n2)(c2ccccc2)CC1. The number of hydrogen-bond donors (Lipinski definition) is 0. The molecule has 0 unspecified atom stereocenters. The lowest BCUT2D eigenvalue weighted by atomic mass is 9.73. The molecule has 3 aromatic rings. The number of amides is 1. The molecule has 0 spiro atoms. The molecule has 36 heavy (non-hydrogen) atoms. The van der Waals surface area contributed by atoms with E-state index >= 15 is 0 Å². The van der Waals surface area contributed by atoms with Crippen LogP contribution < -0.4 is 0 Å². The highest BCUT2D eigenvalue weighted by Crippen LogP contribution is 2.37. The lowest BCUT2D eigenvalue weighted by Crippen LogP contribution is -2.48. The molecule has 1 saturated heterocycles. The third-order valence-corrected chi connectivity index (χ3v) is 6.48. The fraction of sp³-hybridized carbons (Fsp3) is 0.429. The van der Waals surface area contributed by atoms with Gasteiger partial charge < -0.3 is 14.4 Å². The number of alkyl halides is 3. The van der Waals surface area contributed by atoms with Crippen LogP contribution >= 0.6 is 0 Å². The van der Waals surface area contributed by atoms with Crippen LogP contribution in [0.1, 0.15) is 50.4 Å². The fourth-order valence-corrected chi connectivity index (χ4v) is 4.63. The van der Waals surface area contributed by atoms with E-state index in [1.165, 1.54) is 12.1 Å². The number of likely N-dealkylation sites (tertiary alicyclic amines) is 1. The Kier molecular flexibility index (Phi) is 7.27. The van der Waals surface area contributed by atoms with Gasteiger partial charge in [-0.2, -0.15) is 13.2 Å². The molecule has 4 rings (SSSR count). The van der Waals surface area contributed by atoms with Crippen molar-refractivity contribution >= 4 is 17.0 Å². The van der Waals surface area contributed by atoms with Crippen LogP contribution in [0.3, 0.4) is 0 Å². The molecule has 0 saturated carbocycles. The number of piperidine rings is 1. The number of ether oxygens (including phenoxy) is 2. The number of halogens is 3. The highest BCUT2D eigenvalue weighted by Gasteiger charge is 2.39. The second kappa shape index (κ2) is 10.1. The van der Waals surface area contributed by atoms with Crippen molar-refractivity contribution in [3.8, 4) is 0 Å². The van der Waals surface area contributed by atoms with Gasteiger partial charge in [0.25, 0.3) is 0 Å². The Morgan fingerprint density at radius 2 is 1.67 bits per heavy atom. The summed E-state index contributed by atoms with van der Waals surface area (Å²) in [6.07, 6.45) is -3.34. The first-order valence-corrected chi connectivity index (χ1v) is 12.0. The van der Waals surface area contributed by atoms with E-state index < -0.39 is 17.3 Å². The van der Waals surface area contributed by atoms with E-state index in [4.69, 9.17) is 9.47 Å². The summed E-state index contributed by atoms with van der Waals surface area (Å²) in [7, 11) is 0. The van der Waals surface area contributed by atoms with Crippen molar-refractivity contribution in [2.24, 2.45) is 0 Å². The van der Waals surface area contributed by atoms with Crippen molar-refractivity contribution in [2.45, 2.75) is 57.4 Å². The van der Waals surface area contributed by atoms with Crippen LogP contribution in [0.15, 0.2) is 60.7 Å². The van der Waals surface area contributed by atoms with Gasteiger partial charge in [0.2, 0.25) is 0 Å². The number of carbonyl (C=O) groups is 1. The summed E-state index contributed by atoms with van der Waals surface area (Å²) in [5, 5.41) is 0.0732. The van der Waals surface area contributed by atoms with Crippen LogP contribution in [0.2, 0.25) is 0 Å². The van der Waals surface area contributed by atoms with E-state index in [2.05, 4.69) is 17.1 Å². The van der Waals surface area contributed by atoms with Gasteiger partial charge in [0.1, 0.15) is 5.60 Å². The Bertz CT molecular complexity index is 1200. The van der Waals surface area contributed by atoms with E-state index in [1.54, 1.807) is 17.0 Å². The van der Waals surface area contributed by atoms with E-state index in [0.717, 1.165) is 11.6 Å². The number of benzene rings is 2. The minimum atomic E-state index is -4.44. The van der Waals surface area contributed by atoms with Gasteiger partial charge in [0.05, 0.1) is 30.0 Å². The second-order valence-electron chi connectivity index (χ2n) is 10.3. The Morgan fingerprint density at radius 3 is 2.31 bits per heavy atom. The molecule has 2 aromatic carbocycles. The molecule has 1 aliphatic rings. The first-order chi connectivity index (χ1) is 17.0. The van der Waals surface area contributed by atoms with Gasteiger partial charge >= 0.3 is 12.3 Å². The quantitative estimate of drug-likeness (QED) is 0.389. The molecule has 0 N–H and O–H groups in total. The Hall–Kier alpha value is -3.13. The molecular weight excluding hydrogens is 469 g/mol. The van der Waals surface area contributed by atoms with Crippen LogP contribution in [0.4, 0.5) is 18.0 Å². The monoisotopic (exact) mass is 500 g/mol. The summed E-state index contributed by atoms with van der Waals surface area (Å²) < 4.78 is 51.6. The predicted molar refractivity (Wildman–Crippen MR) is 132 cm³/mol. The number of hydrogen-bond acceptors (Lipinski definition) is 4. The zero-order valence-electron chi connectivity index (χ0n) is 20.8. The number of nitrogens with zero attached hydrogens (tertiary/aromatic N) is 2. The van der Waals surface area contributed by atoms with E-state index in [0.29, 0.717) is 38.2 Å². The molecule has 192 valence electrons. The third-order valence-electron chi connectivity index (χ3n) is 6.48. The van der Waals surface area contributed by atoms with Crippen molar-refractivity contribution in [1.29, 1.82) is 0 Å². The maximum atomic E-state index is 13.3. The van der Waals surface area contributed by atoms with Gasteiger partial charge in [-0.1, -0.05) is 42.5 Å². The molecule has 2 heterocycles. The molecule has 5 nitrogen and oxygen atoms in total. The highest BCUT2D eigenvalue weighted by molar-refractivity contribution is 5.82. The minimum absolute atomic E-state index is 0.0732.